The quantitative estimate of drug-likeness (QED) is 0.639. The highest BCUT2D eigenvalue weighted by Gasteiger charge is 2.26. The maximum absolute atomic E-state index is 6.05. The average molecular weight is 242 g/mol. The molecule has 5 N–H and O–H groups in total. The molecule has 1 aliphatic carbocycles. The topological polar surface area (TPSA) is 76.4 Å². The second-order valence-corrected chi connectivity index (χ2v) is 5.05. The molecule has 0 aromatic heterocycles. The molecular weight excluding hydrogens is 224 g/mol. The monoisotopic (exact) mass is 242 g/mol. The first kappa shape index (κ1) is 11.3. The number of nitrogens with zero attached hydrogens (tertiary/aromatic N) is 1. The number of aryl methyl sites for hydroxylation is 3. The molecule has 1 aromatic rings. The highest BCUT2D eigenvalue weighted by Crippen LogP contribution is 2.33. The lowest BCUT2D eigenvalue weighted by molar-refractivity contribution is 0.586. The zero-order valence-corrected chi connectivity index (χ0v) is 10.7. The molecule has 94 valence electrons. The van der Waals surface area contributed by atoms with Crippen molar-refractivity contribution in [1.82, 2.24) is 5.32 Å². The molecule has 4 heteroatoms. The van der Waals surface area contributed by atoms with Crippen molar-refractivity contribution in [3.8, 4) is 0 Å². The Kier molecular flexibility index (Phi) is 2.41. The highest BCUT2D eigenvalue weighted by atomic mass is 15.2. The van der Waals surface area contributed by atoms with Crippen LogP contribution in [0.3, 0.4) is 0 Å². The number of amidine groups is 1. The van der Waals surface area contributed by atoms with Crippen molar-refractivity contribution in [2.24, 2.45) is 16.5 Å². The van der Waals surface area contributed by atoms with E-state index in [4.69, 9.17) is 11.5 Å². The fourth-order valence-electron chi connectivity index (χ4n) is 2.72. The summed E-state index contributed by atoms with van der Waals surface area (Å²) in [6.07, 6.45) is 1.58. The third-order valence-corrected chi connectivity index (χ3v) is 3.79. The van der Waals surface area contributed by atoms with Crippen molar-refractivity contribution >= 4 is 11.4 Å². The number of nitrogens with one attached hydrogen (secondary N) is 1. The van der Waals surface area contributed by atoms with Crippen molar-refractivity contribution in [3.63, 3.8) is 0 Å². The molecule has 0 bridgehead atoms. The Hall–Kier alpha value is -1.81. The summed E-state index contributed by atoms with van der Waals surface area (Å²) in [6, 6.07) is 4.47. The summed E-state index contributed by atoms with van der Waals surface area (Å²) in [5.74, 6) is 0.556. The van der Waals surface area contributed by atoms with Crippen molar-refractivity contribution in [2.75, 3.05) is 0 Å². The molecule has 0 radical (unpaired) electrons. The van der Waals surface area contributed by atoms with Gasteiger partial charge in [0.1, 0.15) is 5.84 Å². The Labute approximate surface area is 107 Å². The summed E-state index contributed by atoms with van der Waals surface area (Å²) in [5.41, 5.74) is 19.2. The first-order valence-corrected chi connectivity index (χ1v) is 6.25. The van der Waals surface area contributed by atoms with E-state index in [1.165, 1.54) is 22.3 Å². The van der Waals surface area contributed by atoms with Gasteiger partial charge in [-0.05, 0) is 48.9 Å². The summed E-state index contributed by atoms with van der Waals surface area (Å²) in [4.78, 5) is 4.22. The Morgan fingerprint density at radius 3 is 2.72 bits per heavy atom. The lowest BCUT2D eigenvalue weighted by Gasteiger charge is -2.30. The van der Waals surface area contributed by atoms with Gasteiger partial charge in [0.2, 0.25) is 0 Å². The summed E-state index contributed by atoms with van der Waals surface area (Å²) >= 11 is 0. The first-order valence-electron chi connectivity index (χ1n) is 6.25. The van der Waals surface area contributed by atoms with Gasteiger partial charge in [-0.3, -0.25) is 5.73 Å². The molecule has 0 spiro atoms. The fourth-order valence-corrected chi connectivity index (χ4v) is 2.72. The minimum absolute atomic E-state index is 0.406. The zero-order valence-electron chi connectivity index (χ0n) is 10.7. The Bertz CT molecular complexity index is 584. The maximum atomic E-state index is 6.05. The van der Waals surface area contributed by atoms with Gasteiger partial charge in [0.05, 0.1) is 0 Å². The normalized spacial score (nSPS) is 21.9. The number of allylic oxidation sites excluding steroid dienone is 1. The Balaban J connectivity index is 2.19. The van der Waals surface area contributed by atoms with E-state index in [0.717, 1.165) is 24.1 Å². The van der Waals surface area contributed by atoms with Crippen LogP contribution in [-0.4, -0.2) is 12.1 Å². The predicted molar refractivity (Wildman–Crippen MR) is 73.9 cm³/mol. The first-order chi connectivity index (χ1) is 8.56. The van der Waals surface area contributed by atoms with Gasteiger partial charge in [0.25, 0.3) is 0 Å². The lowest BCUT2D eigenvalue weighted by atomic mass is 9.85. The molecule has 0 saturated carbocycles. The number of hydrogen-bond donors (Lipinski definition) is 3. The Morgan fingerprint density at radius 1 is 1.22 bits per heavy atom. The predicted octanol–water partition coefficient (Wildman–Crippen LogP) is 1.16. The number of aliphatic imine (C=N–C) groups is 1. The molecule has 1 aromatic carbocycles. The van der Waals surface area contributed by atoms with Crippen LogP contribution in [0.25, 0.3) is 5.57 Å². The Morgan fingerprint density at radius 2 is 1.94 bits per heavy atom. The van der Waals surface area contributed by atoms with Crippen molar-refractivity contribution in [2.45, 2.75) is 33.0 Å². The molecule has 1 heterocycles. The van der Waals surface area contributed by atoms with Crippen LogP contribution >= 0.6 is 0 Å². The van der Waals surface area contributed by atoms with E-state index in [1.54, 1.807) is 0 Å². The summed E-state index contributed by atoms with van der Waals surface area (Å²) in [6.45, 7) is 4.27. The summed E-state index contributed by atoms with van der Waals surface area (Å²) < 4.78 is 0. The molecule has 18 heavy (non-hydrogen) atoms. The number of rotatable bonds is 0. The zero-order chi connectivity index (χ0) is 12.9. The average Bonchev–Trinajstić information content (AvgIpc) is 2.30. The molecule has 1 atom stereocenters. The molecular formula is C14H18N4. The number of hydrogen-bond acceptors (Lipinski definition) is 4. The van der Waals surface area contributed by atoms with Gasteiger partial charge in [0.15, 0.2) is 6.29 Å². The molecule has 3 rings (SSSR count). The second-order valence-electron chi connectivity index (χ2n) is 5.05. The largest absolute Gasteiger partial charge is 0.383 e. The number of nitrogens with two attached hydrogens (primary N) is 2. The van der Waals surface area contributed by atoms with Crippen LogP contribution in [0.5, 0.6) is 0 Å². The van der Waals surface area contributed by atoms with E-state index in [-0.39, 0.29) is 0 Å². The SMILES string of the molecule is Cc1cc2c(cc1C)C1=C(CC2)NC(N)N=C1N. The van der Waals surface area contributed by atoms with Crippen LogP contribution in [0.1, 0.15) is 28.7 Å². The van der Waals surface area contributed by atoms with Gasteiger partial charge in [-0.25, -0.2) is 4.99 Å². The molecule has 1 aliphatic heterocycles. The van der Waals surface area contributed by atoms with Crippen molar-refractivity contribution < 1.29 is 0 Å². The fraction of sp³-hybridized carbons (Fsp3) is 0.357. The number of fused-ring (bicyclic) bond motifs is 2. The van der Waals surface area contributed by atoms with Crippen LogP contribution in [0, 0.1) is 13.8 Å². The highest BCUT2D eigenvalue weighted by molar-refractivity contribution is 6.24. The van der Waals surface area contributed by atoms with E-state index in [9.17, 15) is 0 Å². The molecule has 0 saturated heterocycles. The van der Waals surface area contributed by atoms with Gasteiger partial charge >= 0.3 is 0 Å². The van der Waals surface area contributed by atoms with Crippen molar-refractivity contribution in [3.05, 3.63) is 40.1 Å². The third-order valence-electron chi connectivity index (χ3n) is 3.79. The van der Waals surface area contributed by atoms with E-state index < -0.39 is 6.29 Å². The van der Waals surface area contributed by atoms with Crippen LogP contribution in [-0.2, 0) is 6.42 Å². The minimum Gasteiger partial charge on any atom is -0.383 e. The lowest BCUT2D eigenvalue weighted by Crippen LogP contribution is -2.43. The summed E-state index contributed by atoms with van der Waals surface area (Å²) in [7, 11) is 0. The molecule has 2 aliphatic rings. The number of benzene rings is 1. The van der Waals surface area contributed by atoms with Crippen LogP contribution in [0.15, 0.2) is 22.8 Å². The van der Waals surface area contributed by atoms with Gasteiger partial charge in [-0.1, -0.05) is 12.1 Å². The molecule has 4 nitrogen and oxygen atoms in total. The summed E-state index contributed by atoms with van der Waals surface area (Å²) in [5, 5.41) is 3.21. The van der Waals surface area contributed by atoms with Gasteiger partial charge in [0, 0.05) is 11.3 Å². The smallest absolute Gasteiger partial charge is 0.173 e. The van der Waals surface area contributed by atoms with Gasteiger partial charge in [-0.2, -0.15) is 0 Å². The third kappa shape index (κ3) is 1.61. The maximum Gasteiger partial charge on any atom is 0.173 e. The van der Waals surface area contributed by atoms with E-state index in [2.05, 4.69) is 36.3 Å². The van der Waals surface area contributed by atoms with Crippen molar-refractivity contribution in [1.29, 1.82) is 0 Å². The van der Waals surface area contributed by atoms with E-state index in [1.807, 2.05) is 0 Å². The second kappa shape index (κ2) is 3.85. The van der Waals surface area contributed by atoms with Gasteiger partial charge < -0.3 is 11.1 Å². The van der Waals surface area contributed by atoms with Crippen LogP contribution in [0.4, 0.5) is 0 Å². The molecule has 1 unspecified atom stereocenters. The molecule has 0 amide bonds. The molecule has 0 fully saturated rings. The van der Waals surface area contributed by atoms with E-state index in [0.29, 0.717) is 5.84 Å². The van der Waals surface area contributed by atoms with E-state index >= 15 is 0 Å². The minimum atomic E-state index is -0.406. The van der Waals surface area contributed by atoms with Crippen LogP contribution < -0.4 is 16.8 Å². The van der Waals surface area contributed by atoms with Gasteiger partial charge in [-0.15, -0.1) is 0 Å². The van der Waals surface area contributed by atoms with Crippen LogP contribution in [0.2, 0.25) is 0 Å². The standard InChI is InChI=1S/C14H18N4/c1-7-5-9-3-4-11-12(10(9)6-8(7)2)13(15)18-14(16)17-11/h5-6,14,17H,3-4,16H2,1-2H3,(H2,15,18).